The molecule has 0 spiro atoms. The summed E-state index contributed by atoms with van der Waals surface area (Å²) in [5.41, 5.74) is -0.446. The Morgan fingerprint density at radius 3 is 2.19 bits per heavy atom. The van der Waals surface area contributed by atoms with Crippen molar-refractivity contribution in [1.29, 1.82) is 0 Å². The molecule has 1 saturated carbocycles. The third-order valence-corrected chi connectivity index (χ3v) is 5.21. The van der Waals surface area contributed by atoms with Crippen LogP contribution in [-0.2, 0) is 10.2 Å². The maximum absolute atomic E-state index is 12.8. The van der Waals surface area contributed by atoms with Crippen molar-refractivity contribution in [1.82, 2.24) is 4.90 Å². The molecule has 5 heteroatoms. The van der Waals surface area contributed by atoms with Gasteiger partial charge >= 0.3 is 0 Å². The number of nitrogens with zero attached hydrogens (tertiary/aromatic N) is 1. The first-order valence-corrected chi connectivity index (χ1v) is 7.83. The minimum Gasteiger partial charge on any atom is -0.390 e. The van der Waals surface area contributed by atoms with E-state index in [1.54, 1.807) is 31.1 Å². The minimum atomic E-state index is -0.702. The predicted octanol–water partition coefficient (Wildman–Crippen LogP) is 3.64. The molecule has 0 bridgehead atoms. The largest absolute Gasteiger partial charge is 0.390 e. The lowest BCUT2D eigenvalue weighted by molar-refractivity contribution is -0.138. The van der Waals surface area contributed by atoms with Crippen LogP contribution >= 0.6 is 23.2 Å². The predicted molar refractivity (Wildman–Crippen MR) is 85.9 cm³/mol. The fourth-order valence-corrected chi connectivity index (χ4v) is 3.36. The lowest BCUT2D eigenvalue weighted by atomic mass is 9.65. The van der Waals surface area contributed by atoms with Gasteiger partial charge in [-0.15, -0.1) is 0 Å². The molecule has 1 aromatic rings. The first-order valence-electron chi connectivity index (χ1n) is 7.08. The number of carbonyl (C=O) groups is 1. The van der Waals surface area contributed by atoms with Gasteiger partial charge in [0.2, 0.25) is 5.91 Å². The SMILES string of the molecule is CN(C)C(=O)C1(c2ccc(Cl)c(Cl)c2)CCC(C)(O)CC1. The zero-order chi connectivity index (χ0) is 15.8. The van der Waals surface area contributed by atoms with Crippen molar-refractivity contribution in [2.24, 2.45) is 0 Å². The van der Waals surface area contributed by atoms with Crippen molar-refractivity contribution in [3.63, 3.8) is 0 Å². The summed E-state index contributed by atoms with van der Waals surface area (Å²) in [6.45, 7) is 1.83. The average Bonchev–Trinajstić information content (AvgIpc) is 2.42. The van der Waals surface area contributed by atoms with E-state index in [9.17, 15) is 9.90 Å². The highest BCUT2D eigenvalue weighted by atomic mass is 35.5. The molecule has 1 aliphatic carbocycles. The second-order valence-corrected chi connectivity index (χ2v) is 7.22. The highest BCUT2D eigenvalue weighted by Gasteiger charge is 2.46. The average molecular weight is 330 g/mol. The monoisotopic (exact) mass is 329 g/mol. The molecule has 0 saturated heterocycles. The Balaban J connectivity index is 2.46. The minimum absolute atomic E-state index is 0.0522. The number of halogens is 2. The summed E-state index contributed by atoms with van der Waals surface area (Å²) in [5.74, 6) is 0.0522. The van der Waals surface area contributed by atoms with Crippen LogP contribution < -0.4 is 0 Å². The van der Waals surface area contributed by atoms with Gasteiger partial charge in [0.1, 0.15) is 0 Å². The number of likely N-dealkylation sites (N-methyl/N-ethyl adjacent to an activating group) is 1. The number of carbonyl (C=O) groups excluding carboxylic acids is 1. The summed E-state index contributed by atoms with van der Waals surface area (Å²) in [6.07, 6.45) is 2.39. The molecule has 0 atom stereocenters. The fourth-order valence-electron chi connectivity index (χ4n) is 3.06. The van der Waals surface area contributed by atoms with E-state index in [0.717, 1.165) is 5.56 Å². The van der Waals surface area contributed by atoms with Crippen LogP contribution in [0.15, 0.2) is 18.2 Å². The van der Waals surface area contributed by atoms with Crippen molar-refractivity contribution >= 4 is 29.1 Å². The Labute approximate surface area is 135 Å². The third-order valence-electron chi connectivity index (χ3n) is 4.47. The number of hydrogen-bond acceptors (Lipinski definition) is 2. The van der Waals surface area contributed by atoms with Gasteiger partial charge in [0.25, 0.3) is 0 Å². The van der Waals surface area contributed by atoms with E-state index in [1.807, 2.05) is 13.0 Å². The van der Waals surface area contributed by atoms with Crippen LogP contribution in [0.25, 0.3) is 0 Å². The standard InChI is InChI=1S/C16H21Cl2NO2/c1-15(21)6-8-16(9-7-15,14(20)19(2)3)11-4-5-12(17)13(18)10-11/h4-5,10,21H,6-9H2,1-3H3. The molecule has 0 aromatic heterocycles. The number of amides is 1. The molecule has 1 aliphatic rings. The van der Waals surface area contributed by atoms with Gasteiger partial charge in [-0.2, -0.15) is 0 Å². The number of hydrogen-bond donors (Lipinski definition) is 1. The van der Waals surface area contributed by atoms with Crippen molar-refractivity contribution in [2.45, 2.75) is 43.6 Å². The Morgan fingerprint density at radius 2 is 1.71 bits per heavy atom. The Morgan fingerprint density at radius 1 is 1.14 bits per heavy atom. The lowest BCUT2D eigenvalue weighted by Gasteiger charge is -2.43. The molecule has 2 rings (SSSR count). The maximum atomic E-state index is 12.8. The molecular weight excluding hydrogens is 309 g/mol. The molecule has 116 valence electrons. The van der Waals surface area contributed by atoms with E-state index in [2.05, 4.69) is 0 Å². The highest BCUT2D eigenvalue weighted by Crippen LogP contribution is 2.45. The van der Waals surface area contributed by atoms with Gasteiger partial charge in [-0.25, -0.2) is 0 Å². The van der Waals surface area contributed by atoms with Crippen LogP contribution in [-0.4, -0.2) is 35.6 Å². The molecule has 21 heavy (non-hydrogen) atoms. The summed E-state index contributed by atoms with van der Waals surface area (Å²) in [5, 5.41) is 11.1. The molecule has 0 unspecified atom stereocenters. The quantitative estimate of drug-likeness (QED) is 0.899. The van der Waals surface area contributed by atoms with Crippen LogP contribution in [0.1, 0.15) is 38.2 Å². The molecule has 3 nitrogen and oxygen atoms in total. The molecule has 0 aliphatic heterocycles. The van der Waals surface area contributed by atoms with E-state index < -0.39 is 11.0 Å². The fraction of sp³-hybridized carbons (Fsp3) is 0.562. The van der Waals surface area contributed by atoms with Crippen LogP contribution in [0, 0.1) is 0 Å². The Hall–Kier alpha value is -0.770. The zero-order valence-corrected chi connectivity index (χ0v) is 14.1. The number of benzene rings is 1. The molecule has 1 fully saturated rings. The van der Waals surface area contributed by atoms with Gasteiger partial charge in [-0.1, -0.05) is 29.3 Å². The molecule has 1 aromatic carbocycles. The Kier molecular flexibility index (Phi) is 4.57. The highest BCUT2D eigenvalue weighted by molar-refractivity contribution is 6.42. The van der Waals surface area contributed by atoms with Crippen molar-refractivity contribution in [2.75, 3.05) is 14.1 Å². The van der Waals surface area contributed by atoms with Crippen molar-refractivity contribution < 1.29 is 9.90 Å². The summed E-state index contributed by atoms with van der Waals surface area (Å²) in [6, 6.07) is 5.39. The zero-order valence-electron chi connectivity index (χ0n) is 12.6. The van der Waals surface area contributed by atoms with E-state index in [-0.39, 0.29) is 5.91 Å². The first kappa shape index (κ1) is 16.6. The molecule has 1 amide bonds. The molecule has 1 N–H and O–H groups in total. The summed E-state index contributed by atoms with van der Waals surface area (Å²) < 4.78 is 0. The van der Waals surface area contributed by atoms with Gasteiger partial charge in [0, 0.05) is 14.1 Å². The van der Waals surface area contributed by atoms with Gasteiger partial charge in [0.15, 0.2) is 0 Å². The maximum Gasteiger partial charge on any atom is 0.232 e. The van der Waals surface area contributed by atoms with E-state index in [4.69, 9.17) is 23.2 Å². The van der Waals surface area contributed by atoms with Crippen LogP contribution in [0.4, 0.5) is 0 Å². The molecule has 0 heterocycles. The Bertz CT molecular complexity index is 545. The topological polar surface area (TPSA) is 40.5 Å². The van der Waals surface area contributed by atoms with Crippen LogP contribution in [0.2, 0.25) is 10.0 Å². The van der Waals surface area contributed by atoms with E-state index in [1.165, 1.54) is 0 Å². The smallest absolute Gasteiger partial charge is 0.232 e. The van der Waals surface area contributed by atoms with Gasteiger partial charge < -0.3 is 10.0 Å². The summed E-state index contributed by atoms with van der Waals surface area (Å²) in [7, 11) is 3.52. The summed E-state index contributed by atoms with van der Waals surface area (Å²) in [4.78, 5) is 14.4. The van der Waals surface area contributed by atoms with Crippen LogP contribution in [0.5, 0.6) is 0 Å². The van der Waals surface area contributed by atoms with Gasteiger partial charge in [0.05, 0.1) is 21.1 Å². The molecule has 0 radical (unpaired) electrons. The molecular formula is C16H21Cl2NO2. The van der Waals surface area contributed by atoms with E-state index >= 15 is 0 Å². The second kappa shape index (κ2) is 5.79. The number of aliphatic hydroxyl groups is 1. The third kappa shape index (κ3) is 3.20. The van der Waals surface area contributed by atoms with Crippen molar-refractivity contribution in [3.05, 3.63) is 33.8 Å². The van der Waals surface area contributed by atoms with E-state index in [0.29, 0.717) is 35.7 Å². The van der Waals surface area contributed by atoms with Crippen molar-refractivity contribution in [3.8, 4) is 0 Å². The number of rotatable bonds is 2. The van der Waals surface area contributed by atoms with Gasteiger partial charge in [-0.05, 0) is 50.3 Å². The normalized spacial score (nSPS) is 29.2. The first-order chi connectivity index (χ1) is 9.68. The lowest BCUT2D eigenvalue weighted by Crippen LogP contribution is -2.49. The van der Waals surface area contributed by atoms with Crippen LogP contribution in [0.3, 0.4) is 0 Å². The van der Waals surface area contributed by atoms with Gasteiger partial charge in [-0.3, -0.25) is 4.79 Å². The second-order valence-electron chi connectivity index (χ2n) is 6.41. The summed E-state index contributed by atoms with van der Waals surface area (Å²) >= 11 is 12.1.